The van der Waals surface area contributed by atoms with E-state index in [2.05, 4.69) is 47.4 Å². The van der Waals surface area contributed by atoms with Gasteiger partial charge < -0.3 is 4.74 Å². The van der Waals surface area contributed by atoms with Crippen molar-refractivity contribution >= 4 is 39.3 Å². The Labute approximate surface area is 149 Å². The van der Waals surface area contributed by atoms with Gasteiger partial charge in [0.25, 0.3) is 0 Å². The minimum Gasteiger partial charge on any atom is -0.468 e. The minimum atomic E-state index is -0.319. The molecule has 2 aromatic heterocycles. The summed E-state index contributed by atoms with van der Waals surface area (Å²) in [7, 11) is 1.40. The predicted molar refractivity (Wildman–Crippen MR) is 99.7 cm³/mol. The molecule has 0 amide bonds. The van der Waals surface area contributed by atoms with Crippen LogP contribution in [0.25, 0.3) is 21.3 Å². The maximum absolute atomic E-state index is 11.7. The van der Waals surface area contributed by atoms with Gasteiger partial charge in [-0.15, -0.1) is 11.3 Å². The number of hydrogen-bond donors (Lipinski definition) is 0. The molecule has 2 heterocycles. The van der Waals surface area contributed by atoms with Crippen LogP contribution in [0.3, 0.4) is 0 Å². The molecule has 124 valence electrons. The summed E-state index contributed by atoms with van der Waals surface area (Å²) < 4.78 is 4.82. The Balaban J connectivity index is 2.10. The molecule has 1 atom stereocenters. The number of aryl methyl sites for hydroxylation is 2. The molecule has 0 aliphatic rings. The zero-order valence-corrected chi connectivity index (χ0v) is 15.6. The predicted octanol–water partition coefficient (Wildman–Crippen LogP) is 4.63. The molecule has 24 heavy (non-hydrogen) atoms. The van der Waals surface area contributed by atoms with E-state index < -0.39 is 0 Å². The van der Waals surface area contributed by atoms with Gasteiger partial charge in [0.1, 0.15) is 21.4 Å². The molecule has 4 nitrogen and oxygen atoms in total. The van der Waals surface area contributed by atoms with E-state index in [-0.39, 0.29) is 11.2 Å². The molecule has 3 aromatic rings. The quantitative estimate of drug-likeness (QED) is 0.387. The average Bonchev–Trinajstić information content (AvgIpc) is 3.01. The SMILES string of the molecule is COC(=O)[C@H](C)Sc1ncnc2scc(-c3ccc(C)c(C)c3)c12. The van der Waals surface area contributed by atoms with Crippen molar-refractivity contribution < 1.29 is 9.53 Å². The van der Waals surface area contributed by atoms with E-state index in [0.29, 0.717) is 0 Å². The maximum Gasteiger partial charge on any atom is 0.318 e. The normalized spacial score (nSPS) is 12.3. The fourth-order valence-electron chi connectivity index (χ4n) is 2.44. The topological polar surface area (TPSA) is 52.1 Å². The number of ether oxygens (including phenoxy) is 1. The van der Waals surface area contributed by atoms with E-state index in [1.807, 2.05) is 6.92 Å². The summed E-state index contributed by atoms with van der Waals surface area (Å²) in [5, 5.41) is 3.61. The fourth-order valence-corrected chi connectivity index (χ4v) is 4.38. The van der Waals surface area contributed by atoms with Gasteiger partial charge in [-0.3, -0.25) is 4.79 Å². The van der Waals surface area contributed by atoms with Crippen LogP contribution >= 0.6 is 23.1 Å². The lowest BCUT2D eigenvalue weighted by Crippen LogP contribution is -2.14. The summed E-state index contributed by atoms with van der Waals surface area (Å²) in [6, 6.07) is 6.43. The van der Waals surface area contributed by atoms with Gasteiger partial charge in [0.15, 0.2) is 0 Å². The molecular formula is C18H18N2O2S2. The molecule has 0 saturated carbocycles. The third-order valence-electron chi connectivity index (χ3n) is 3.97. The smallest absolute Gasteiger partial charge is 0.318 e. The third kappa shape index (κ3) is 3.16. The summed E-state index contributed by atoms with van der Waals surface area (Å²) in [6.45, 7) is 6.04. The first kappa shape index (κ1) is 16.9. The molecule has 0 N–H and O–H groups in total. The molecule has 3 rings (SSSR count). The van der Waals surface area contributed by atoms with Crippen molar-refractivity contribution in [3.63, 3.8) is 0 Å². The van der Waals surface area contributed by atoms with Crippen LogP contribution in [0.15, 0.2) is 34.9 Å². The van der Waals surface area contributed by atoms with Crippen molar-refractivity contribution in [1.29, 1.82) is 0 Å². The Morgan fingerprint density at radius 2 is 2.04 bits per heavy atom. The molecule has 0 aliphatic heterocycles. The lowest BCUT2D eigenvalue weighted by atomic mass is 10.0. The Morgan fingerprint density at radius 3 is 2.75 bits per heavy atom. The summed E-state index contributed by atoms with van der Waals surface area (Å²) >= 11 is 3.00. The van der Waals surface area contributed by atoms with Crippen molar-refractivity contribution in [2.75, 3.05) is 7.11 Å². The third-order valence-corrected chi connectivity index (χ3v) is 5.94. The van der Waals surface area contributed by atoms with Gasteiger partial charge in [0.05, 0.1) is 12.5 Å². The summed E-state index contributed by atoms with van der Waals surface area (Å²) in [4.78, 5) is 21.5. The number of benzene rings is 1. The van der Waals surface area contributed by atoms with Crippen molar-refractivity contribution in [3.8, 4) is 11.1 Å². The number of thioether (sulfide) groups is 1. The monoisotopic (exact) mass is 358 g/mol. The molecule has 1 aromatic carbocycles. The Kier molecular flexibility index (Phi) is 4.87. The van der Waals surface area contributed by atoms with Gasteiger partial charge in [-0.2, -0.15) is 0 Å². The van der Waals surface area contributed by atoms with Gasteiger partial charge in [-0.25, -0.2) is 9.97 Å². The number of thiophene rings is 1. The highest BCUT2D eigenvalue weighted by molar-refractivity contribution is 8.00. The first-order valence-corrected chi connectivity index (χ1v) is 9.31. The Bertz CT molecular complexity index is 905. The molecule has 0 radical (unpaired) electrons. The first-order valence-electron chi connectivity index (χ1n) is 7.55. The number of carbonyl (C=O) groups is 1. The van der Waals surface area contributed by atoms with E-state index in [9.17, 15) is 4.79 Å². The van der Waals surface area contributed by atoms with Crippen LogP contribution < -0.4 is 0 Å². The molecule has 0 aliphatic carbocycles. The van der Waals surface area contributed by atoms with Gasteiger partial charge in [-0.05, 0) is 37.5 Å². The van der Waals surface area contributed by atoms with Crippen molar-refractivity contribution in [3.05, 3.63) is 41.0 Å². The van der Waals surface area contributed by atoms with Crippen LogP contribution in [-0.2, 0) is 9.53 Å². The van der Waals surface area contributed by atoms with Crippen molar-refractivity contribution in [2.24, 2.45) is 0 Å². The molecule has 0 fully saturated rings. The second-order valence-corrected chi connectivity index (χ2v) is 7.78. The summed E-state index contributed by atoms with van der Waals surface area (Å²) in [5.74, 6) is -0.255. The van der Waals surface area contributed by atoms with Gasteiger partial charge >= 0.3 is 5.97 Å². The number of nitrogens with zero attached hydrogens (tertiary/aromatic N) is 2. The van der Waals surface area contributed by atoms with Gasteiger partial charge in [0.2, 0.25) is 0 Å². The fraction of sp³-hybridized carbons (Fsp3) is 0.278. The minimum absolute atomic E-state index is 0.255. The standard InChI is InChI=1S/C18H18N2O2S2/c1-10-5-6-13(7-11(10)2)14-8-23-16-15(14)17(20-9-19-16)24-12(3)18(21)22-4/h5-9,12H,1-4H3/t12-/m0/s1. The largest absolute Gasteiger partial charge is 0.468 e. The van der Waals surface area contributed by atoms with Crippen molar-refractivity contribution in [1.82, 2.24) is 9.97 Å². The lowest BCUT2D eigenvalue weighted by Gasteiger charge is -2.10. The van der Waals surface area contributed by atoms with E-state index in [0.717, 1.165) is 26.4 Å². The number of hydrogen-bond acceptors (Lipinski definition) is 6. The van der Waals surface area contributed by atoms with Crippen LogP contribution in [0.4, 0.5) is 0 Å². The first-order chi connectivity index (χ1) is 11.5. The Hall–Kier alpha value is -1.92. The number of esters is 1. The number of aromatic nitrogens is 2. The summed E-state index contributed by atoms with van der Waals surface area (Å²) in [6.07, 6.45) is 1.55. The molecular weight excluding hydrogens is 340 g/mol. The number of rotatable bonds is 4. The van der Waals surface area contributed by atoms with E-state index in [1.54, 1.807) is 17.7 Å². The summed E-state index contributed by atoms with van der Waals surface area (Å²) in [5.41, 5.74) is 4.77. The molecule has 0 bridgehead atoms. The molecule has 0 unspecified atom stereocenters. The van der Waals surface area contributed by atoms with Gasteiger partial charge in [0, 0.05) is 10.9 Å². The highest BCUT2D eigenvalue weighted by atomic mass is 32.2. The zero-order valence-electron chi connectivity index (χ0n) is 14.0. The number of carbonyl (C=O) groups excluding carboxylic acids is 1. The maximum atomic E-state index is 11.7. The molecule has 0 saturated heterocycles. The number of methoxy groups -OCH3 is 1. The molecule has 6 heteroatoms. The highest BCUT2D eigenvalue weighted by Crippen LogP contribution is 2.39. The lowest BCUT2D eigenvalue weighted by molar-refractivity contribution is -0.139. The van der Waals surface area contributed by atoms with E-state index in [4.69, 9.17) is 4.74 Å². The van der Waals surface area contributed by atoms with Gasteiger partial charge in [-0.1, -0.05) is 30.0 Å². The van der Waals surface area contributed by atoms with Crippen LogP contribution in [0.5, 0.6) is 0 Å². The average molecular weight is 358 g/mol. The molecule has 0 spiro atoms. The second-order valence-electron chi connectivity index (χ2n) is 5.59. The van der Waals surface area contributed by atoms with Crippen molar-refractivity contribution in [2.45, 2.75) is 31.0 Å². The number of fused-ring (bicyclic) bond motifs is 1. The van der Waals surface area contributed by atoms with E-state index >= 15 is 0 Å². The van der Waals surface area contributed by atoms with E-state index in [1.165, 1.54) is 30.0 Å². The van der Waals surface area contributed by atoms with Crippen LogP contribution in [0.2, 0.25) is 0 Å². The second kappa shape index (κ2) is 6.91. The highest BCUT2D eigenvalue weighted by Gasteiger charge is 2.20. The zero-order chi connectivity index (χ0) is 17.3. The van der Waals surface area contributed by atoms with Crippen LogP contribution in [0.1, 0.15) is 18.1 Å². The van der Waals surface area contributed by atoms with Crippen LogP contribution in [0, 0.1) is 13.8 Å². The van der Waals surface area contributed by atoms with Crippen LogP contribution in [-0.4, -0.2) is 28.3 Å². The Morgan fingerprint density at radius 1 is 1.25 bits per heavy atom.